The number of ether oxygens (including phenoxy) is 1. The van der Waals surface area contributed by atoms with Crippen molar-refractivity contribution in [3.8, 4) is 5.88 Å². The minimum Gasteiger partial charge on any atom is -0.481 e. The highest BCUT2D eigenvalue weighted by Gasteiger charge is 2.64. The van der Waals surface area contributed by atoms with Crippen molar-refractivity contribution in [1.82, 2.24) is 20.1 Å². The monoisotopic (exact) mass is 443 g/mol. The summed E-state index contributed by atoms with van der Waals surface area (Å²) in [6, 6.07) is 5.30. The van der Waals surface area contributed by atoms with E-state index in [9.17, 15) is 19.8 Å². The standard InChI is InChI=1S/C22H29N5O5/c1-21(31)12-27(20(29)30)22(21,2)15-5-4-14(10-15)16-11-17(26-25-16)24-18(28)8-13-6-7-23-19(9-13)32-3/h6-7,9,11,14-15,31H,4-5,8,10,12H2,1-3H3,(H,29,30)(H2,24,25,26,28)/t14-,15+,21-,22+/m1/s1. The van der Waals surface area contributed by atoms with Gasteiger partial charge in [0.1, 0.15) is 5.60 Å². The van der Waals surface area contributed by atoms with Crippen LogP contribution in [0.3, 0.4) is 0 Å². The molecule has 0 spiro atoms. The molecule has 4 N–H and O–H groups in total. The van der Waals surface area contributed by atoms with Crippen LogP contribution in [0.15, 0.2) is 24.4 Å². The third-order valence-electron chi connectivity index (χ3n) is 7.25. The molecule has 10 nitrogen and oxygen atoms in total. The number of β-amino-alcohol motifs (C(OH)–C–C–N with tert-alkyl or cyclic N) is 1. The molecule has 1 saturated heterocycles. The summed E-state index contributed by atoms with van der Waals surface area (Å²) in [6.45, 7) is 3.68. The number of aromatic amines is 1. The summed E-state index contributed by atoms with van der Waals surface area (Å²) >= 11 is 0. The fourth-order valence-electron chi connectivity index (χ4n) is 5.19. The second-order valence-electron chi connectivity index (χ2n) is 9.14. The Kier molecular flexibility index (Phi) is 5.58. The van der Waals surface area contributed by atoms with Gasteiger partial charge in [0.25, 0.3) is 0 Å². The molecule has 1 aliphatic heterocycles. The lowest BCUT2D eigenvalue weighted by atomic mass is 9.64. The minimum absolute atomic E-state index is 0.0374. The molecule has 0 radical (unpaired) electrons. The number of nitrogens with zero attached hydrogens (tertiary/aromatic N) is 3. The number of hydrogen-bond acceptors (Lipinski definition) is 6. The summed E-state index contributed by atoms with van der Waals surface area (Å²) in [5.74, 6) is 0.898. The minimum atomic E-state index is -1.05. The SMILES string of the molecule is COc1cc(CC(=O)Nc2cc([C@@H]3CC[C@H]([C@]4(C)N(C(=O)O)C[C@@]4(C)O)C3)[nH]n2)ccn1. The van der Waals surface area contributed by atoms with Crippen LogP contribution >= 0.6 is 0 Å². The van der Waals surface area contributed by atoms with Crippen molar-refractivity contribution in [2.24, 2.45) is 5.92 Å². The van der Waals surface area contributed by atoms with Gasteiger partial charge in [-0.3, -0.25) is 14.8 Å². The number of nitrogens with one attached hydrogen (secondary N) is 2. The first-order valence-electron chi connectivity index (χ1n) is 10.7. The fourth-order valence-corrected chi connectivity index (χ4v) is 5.19. The molecule has 2 fully saturated rings. The molecular formula is C22H29N5O5. The van der Waals surface area contributed by atoms with E-state index in [-0.39, 0.29) is 30.7 Å². The summed E-state index contributed by atoms with van der Waals surface area (Å²) in [7, 11) is 1.52. The van der Waals surface area contributed by atoms with Gasteiger partial charge in [0, 0.05) is 29.9 Å². The lowest BCUT2D eigenvalue weighted by molar-refractivity contribution is -0.204. The number of carboxylic acid groups (broad SMARTS) is 1. The molecule has 2 aliphatic rings. The summed E-state index contributed by atoms with van der Waals surface area (Å²) in [5, 5.41) is 30.3. The van der Waals surface area contributed by atoms with Crippen LogP contribution < -0.4 is 10.1 Å². The van der Waals surface area contributed by atoms with Crippen LogP contribution in [0.25, 0.3) is 0 Å². The quantitative estimate of drug-likeness (QED) is 0.537. The van der Waals surface area contributed by atoms with Crippen molar-refractivity contribution in [2.75, 3.05) is 19.0 Å². The van der Waals surface area contributed by atoms with Gasteiger partial charge in [0.2, 0.25) is 11.8 Å². The van der Waals surface area contributed by atoms with Gasteiger partial charge in [-0.1, -0.05) is 0 Å². The third kappa shape index (κ3) is 3.79. The van der Waals surface area contributed by atoms with E-state index in [4.69, 9.17) is 4.74 Å². The van der Waals surface area contributed by atoms with Gasteiger partial charge in [-0.2, -0.15) is 5.10 Å². The van der Waals surface area contributed by atoms with Crippen LogP contribution in [0.4, 0.5) is 10.6 Å². The van der Waals surface area contributed by atoms with Gasteiger partial charge < -0.3 is 20.3 Å². The number of aliphatic hydroxyl groups is 1. The van der Waals surface area contributed by atoms with E-state index >= 15 is 0 Å². The molecule has 2 aromatic rings. The molecule has 172 valence electrons. The van der Waals surface area contributed by atoms with E-state index in [0.717, 1.165) is 30.5 Å². The highest BCUT2D eigenvalue weighted by Crippen LogP contribution is 2.53. The Morgan fingerprint density at radius 1 is 1.34 bits per heavy atom. The maximum atomic E-state index is 12.4. The van der Waals surface area contributed by atoms with Crippen LogP contribution in [0.5, 0.6) is 5.88 Å². The zero-order valence-electron chi connectivity index (χ0n) is 18.5. The Morgan fingerprint density at radius 2 is 2.12 bits per heavy atom. The molecular weight excluding hydrogens is 414 g/mol. The molecule has 2 aromatic heterocycles. The molecule has 4 rings (SSSR count). The van der Waals surface area contributed by atoms with Crippen molar-refractivity contribution < 1.29 is 24.5 Å². The summed E-state index contributed by atoms with van der Waals surface area (Å²) in [6.07, 6.45) is 3.17. The van der Waals surface area contributed by atoms with Crippen molar-refractivity contribution in [3.63, 3.8) is 0 Å². The zero-order valence-corrected chi connectivity index (χ0v) is 18.5. The summed E-state index contributed by atoms with van der Waals surface area (Å²) in [5.41, 5.74) is -0.172. The second kappa shape index (κ2) is 8.09. The summed E-state index contributed by atoms with van der Waals surface area (Å²) in [4.78, 5) is 29.4. The molecule has 4 atom stereocenters. The number of methoxy groups -OCH3 is 1. The average Bonchev–Trinajstić information content (AvgIpc) is 3.41. The molecule has 10 heteroatoms. The van der Waals surface area contributed by atoms with E-state index in [1.54, 1.807) is 25.3 Å². The Bertz CT molecular complexity index is 1020. The van der Waals surface area contributed by atoms with Gasteiger partial charge in [-0.15, -0.1) is 0 Å². The molecule has 2 amide bonds. The topological polar surface area (TPSA) is 141 Å². The molecule has 1 aliphatic carbocycles. The lowest BCUT2D eigenvalue weighted by Gasteiger charge is -2.62. The number of aromatic nitrogens is 3. The maximum absolute atomic E-state index is 12.4. The third-order valence-corrected chi connectivity index (χ3v) is 7.25. The Labute approximate surface area is 186 Å². The van der Waals surface area contributed by atoms with E-state index in [2.05, 4.69) is 20.5 Å². The number of hydrogen-bond donors (Lipinski definition) is 4. The van der Waals surface area contributed by atoms with Crippen LogP contribution in [0.2, 0.25) is 0 Å². The number of H-pyrrole nitrogens is 1. The smallest absolute Gasteiger partial charge is 0.407 e. The number of rotatable bonds is 6. The number of anilines is 1. The predicted molar refractivity (Wildman–Crippen MR) is 116 cm³/mol. The first-order valence-corrected chi connectivity index (χ1v) is 10.7. The van der Waals surface area contributed by atoms with E-state index < -0.39 is 17.2 Å². The van der Waals surface area contributed by atoms with Crippen LogP contribution in [-0.4, -0.2) is 67.1 Å². The van der Waals surface area contributed by atoms with Crippen LogP contribution in [0.1, 0.15) is 50.3 Å². The van der Waals surface area contributed by atoms with Crippen LogP contribution in [-0.2, 0) is 11.2 Å². The Balaban J connectivity index is 1.38. The molecule has 3 heterocycles. The Morgan fingerprint density at radius 3 is 2.81 bits per heavy atom. The normalized spacial score (nSPS) is 29.4. The molecule has 0 aromatic carbocycles. The molecule has 1 saturated carbocycles. The van der Waals surface area contributed by atoms with Crippen molar-refractivity contribution in [3.05, 3.63) is 35.7 Å². The maximum Gasteiger partial charge on any atom is 0.407 e. The fraction of sp³-hybridized carbons (Fsp3) is 0.545. The van der Waals surface area contributed by atoms with Gasteiger partial charge in [0.15, 0.2) is 5.82 Å². The first kappa shape index (κ1) is 22.1. The second-order valence-corrected chi connectivity index (χ2v) is 9.14. The average molecular weight is 444 g/mol. The number of carbonyl (C=O) groups is 2. The van der Waals surface area contributed by atoms with Crippen molar-refractivity contribution in [1.29, 1.82) is 0 Å². The van der Waals surface area contributed by atoms with Gasteiger partial charge in [-0.05, 0) is 50.7 Å². The number of likely N-dealkylation sites (tertiary alicyclic amines) is 1. The van der Waals surface area contributed by atoms with Gasteiger partial charge in [0.05, 0.1) is 25.6 Å². The van der Waals surface area contributed by atoms with Crippen molar-refractivity contribution in [2.45, 2.75) is 56.6 Å². The molecule has 0 unspecified atom stereocenters. The molecule has 0 bridgehead atoms. The van der Waals surface area contributed by atoms with E-state index in [1.807, 2.05) is 13.0 Å². The van der Waals surface area contributed by atoms with E-state index in [1.165, 1.54) is 12.0 Å². The van der Waals surface area contributed by atoms with Crippen LogP contribution in [0, 0.1) is 5.92 Å². The number of pyridine rings is 1. The van der Waals surface area contributed by atoms with E-state index in [0.29, 0.717) is 11.7 Å². The summed E-state index contributed by atoms with van der Waals surface area (Å²) < 4.78 is 5.08. The highest BCUT2D eigenvalue weighted by atomic mass is 16.5. The molecule has 32 heavy (non-hydrogen) atoms. The largest absolute Gasteiger partial charge is 0.481 e. The van der Waals surface area contributed by atoms with Gasteiger partial charge >= 0.3 is 6.09 Å². The predicted octanol–water partition coefficient (Wildman–Crippen LogP) is 2.38. The number of amides is 2. The highest BCUT2D eigenvalue weighted by molar-refractivity contribution is 5.91. The lowest BCUT2D eigenvalue weighted by Crippen LogP contribution is -2.79. The Hall–Kier alpha value is -3.14. The number of carbonyl (C=O) groups excluding carboxylic acids is 1. The zero-order chi connectivity index (χ0) is 23.1. The van der Waals surface area contributed by atoms with Gasteiger partial charge in [-0.25, -0.2) is 9.78 Å². The van der Waals surface area contributed by atoms with Crippen molar-refractivity contribution >= 4 is 17.8 Å². The first-order chi connectivity index (χ1) is 15.1.